The van der Waals surface area contributed by atoms with E-state index >= 15 is 0 Å². The van der Waals surface area contributed by atoms with Crippen LogP contribution < -0.4 is 5.43 Å². The molecule has 0 bridgehead atoms. The number of likely N-dealkylation sites (tertiary alicyclic amines) is 1. The number of aryl methyl sites for hydroxylation is 1. The third-order valence-corrected chi connectivity index (χ3v) is 5.03. The molecule has 6 heteroatoms. The number of hydrazone groups is 1. The van der Waals surface area contributed by atoms with Gasteiger partial charge in [0.1, 0.15) is 5.82 Å². The first-order chi connectivity index (χ1) is 11.7. The van der Waals surface area contributed by atoms with Crippen LogP contribution in [-0.4, -0.2) is 29.2 Å². The lowest BCUT2D eigenvalue weighted by molar-refractivity contribution is 0.273. The summed E-state index contributed by atoms with van der Waals surface area (Å²) in [6, 6.07) is 5.33. The van der Waals surface area contributed by atoms with Crippen LogP contribution in [-0.2, 0) is 6.54 Å². The highest BCUT2D eigenvalue weighted by Gasteiger charge is 2.12. The van der Waals surface area contributed by atoms with Crippen molar-refractivity contribution < 1.29 is 4.39 Å². The predicted molar refractivity (Wildman–Crippen MR) is 98.2 cm³/mol. The Kier molecular flexibility index (Phi) is 5.93. The lowest BCUT2D eigenvalue weighted by Crippen LogP contribution is -2.24. The van der Waals surface area contributed by atoms with Gasteiger partial charge >= 0.3 is 0 Å². The first-order valence-electron chi connectivity index (χ1n) is 8.43. The number of halogens is 1. The van der Waals surface area contributed by atoms with Crippen LogP contribution in [0.5, 0.6) is 0 Å². The number of thiazole rings is 1. The molecule has 24 heavy (non-hydrogen) atoms. The van der Waals surface area contributed by atoms with E-state index in [2.05, 4.69) is 20.4 Å². The van der Waals surface area contributed by atoms with Crippen molar-refractivity contribution in [2.24, 2.45) is 5.10 Å². The molecule has 2 heterocycles. The van der Waals surface area contributed by atoms with Crippen LogP contribution in [0.4, 0.5) is 9.52 Å². The number of hydrogen-bond donors (Lipinski definition) is 1. The van der Waals surface area contributed by atoms with Crippen molar-refractivity contribution in [3.8, 4) is 0 Å². The summed E-state index contributed by atoms with van der Waals surface area (Å²) in [5.41, 5.74) is 5.33. The fraction of sp³-hybridized carbons (Fsp3) is 0.444. The highest BCUT2D eigenvalue weighted by atomic mass is 32.1. The Labute approximate surface area is 146 Å². The molecule has 1 aliphatic rings. The summed E-state index contributed by atoms with van der Waals surface area (Å²) in [5, 5.41) is 6.81. The average molecular weight is 346 g/mol. The Morgan fingerprint density at radius 2 is 2.08 bits per heavy atom. The number of aromatic nitrogens is 1. The zero-order valence-corrected chi connectivity index (χ0v) is 14.8. The number of hydrogen-bond acceptors (Lipinski definition) is 5. The maximum atomic E-state index is 14.3. The molecule has 0 aliphatic carbocycles. The van der Waals surface area contributed by atoms with Gasteiger partial charge < -0.3 is 0 Å². The normalized spacial score (nSPS) is 16.4. The monoisotopic (exact) mass is 346 g/mol. The van der Waals surface area contributed by atoms with E-state index in [4.69, 9.17) is 0 Å². The molecule has 1 saturated heterocycles. The smallest absolute Gasteiger partial charge is 0.203 e. The van der Waals surface area contributed by atoms with Crippen molar-refractivity contribution in [1.29, 1.82) is 0 Å². The van der Waals surface area contributed by atoms with E-state index in [9.17, 15) is 4.39 Å². The minimum atomic E-state index is -0.159. The molecule has 1 N–H and O–H groups in total. The first kappa shape index (κ1) is 17.0. The topological polar surface area (TPSA) is 40.5 Å². The molecule has 1 aromatic heterocycles. The summed E-state index contributed by atoms with van der Waals surface area (Å²) in [6.45, 7) is 4.77. The fourth-order valence-electron chi connectivity index (χ4n) is 2.87. The van der Waals surface area contributed by atoms with E-state index in [0.717, 1.165) is 35.0 Å². The van der Waals surface area contributed by atoms with Crippen LogP contribution in [0.3, 0.4) is 0 Å². The fourth-order valence-corrected chi connectivity index (χ4v) is 3.51. The summed E-state index contributed by atoms with van der Waals surface area (Å²) in [6.07, 6.45) is 6.64. The van der Waals surface area contributed by atoms with Gasteiger partial charge in [-0.1, -0.05) is 25.0 Å². The van der Waals surface area contributed by atoms with Gasteiger partial charge in [0.25, 0.3) is 0 Å². The number of nitrogens with one attached hydrogen (secondary N) is 1. The summed E-state index contributed by atoms with van der Waals surface area (Å²) < 4.78 is 14.3. The second-order valence-corrected chi connectivity index (χ2v) is 7.06. The molecule has 128 valence electrons. The quantitative estimate of drug-likeness (QED) is 0.644. The van der Waals surface area contributed by atoms with E-state index < -0.39 is 0 Å². The average Bonchev–Trinajstić information content (AvgIpc) is 2.82. The summed E-state index contributed by atoms with van der Waals surface area (Å²) >= 11 is 1.50. The van der Waals surface area contributed by atoms with E-state index in [1.807, 2.05) is 24.4 Å². The highest BCUT2D eigenvalue weighted by molar-refractivity contribution is 7.13. The van der Waals surface area contributed by atoms with Gasteiger partial charge in [0.05, 0.1) is 11.9 Å². The number of benzene rings is 1. The third kappa shape index (κ3) is 4.85. The molecule has 0 saturated carbocycles. The van der Waals surface area contributed by atoms with Gasteiger partial charge in [-0.2, -0.15) is 5.10 Å². The molecule has 0 atom stereocenters. The summed E-state index contributed by atoms with van der Waals surface area (Å²) in [4.78, 5) is 6.61. The van der Waals surface area contributed by atoms with Crippen LogP contribution in [0.15, 0.2) is 28.7 Å². The van der Waals surface area contributed by atoms with Crippen LogP contribution in [0.25, 0.3) is 0 Å². The van der Waals surface area contributed by atoms with E-state index in [1.165, 1.54) is 37.0 Å². The second-order valence-electron chi connectivity index (χ2n) is 6.21. The lowest BCUT2D eigenvalue weighted by atomic mass is 10.1. The lowest BCUT2D eigenvalue weighted by Gasteiger charge is -2.20. The summed E-state index contributed by atoms with van der Waals surface area (Å²) in [5.74, 6) is -0.159. The standard InChI is InChI=1S/C18H23FN4S/c1-14-13-24-18(21-14)22-20-11-15-6-7-16(17(19)10-15)12-23-8-4-2-3-5-9-23/h6-7,10-11,13H,2-5,8-9,12H2,1H3,(H,21,22). The highest BCUT2D eigenvalue weighted by Crippen LogP contribution is 2.17. The second kappa shape index (κ2) is 8.35. The molecular weight excluding hydrogens is 323 g/mol. The molecule has 2 aromatic rings. The van der Waals surface area contributed by atoms with Crippen LogP contribution >= 0.6 is 11.3 Å². The van der Waals surface area contributed by atoms with Crippen molar-refractivity contribution in [3.63, 3.8) is 0 Å². The van der Waals surface area contributed by atoms with Gasteiger partial charge in [-0.15, -0.1) is 11.3 Å². The third-order valence-electron chi connectivity index (χ3n) is 4.16. The maximum absolute atomic E-state index is 14.3. The molecule has 3 rings (SSSR count). The molecular formula is C18H23FN4S. The van der Waals surface area contributed by atoms with Crippen molar-refractivity contribution in [2.75, 3.05) is 18.5 Å². The van der Waals surface area contributed by atoms with Gasteiger partial charge in [-0.3, -0.25) is 10.3 Å². The van der Waals surface area contributed by atoms with Gasteiger partial charge in [0.15, 0.2) is 0 Å². The van der Waals surface area contributed by atoms with Gasteiger partial charge in [-0.05, 0) is 44.5 Å². The Hall–Kier alpha value is -1.79. The van der Waals surface area contributed by atoms with Crippen molar-refractivity contribution in [2.45, 2.75) is 39.2 Å². The molecule has 4 nitrogen and oxygen atoms in total. The Morgan fingerprint density at radius 1 is 1.29 bits per heavy atom. The Bertz CT molecular complexity index is 690. The molecule has 1 aliphatic heterocycles. The van der Waals surface area contributed by atoms with Gasteiger partial charge in [0.2, 0.25) is 5.13 Å². The maximum Gasteiger partial charge on any atom is 0.203 e. The Balaban J connectivity index is 1.59. The molecule has 1 aromatic carbocycles. The molecule has 0 radical (unpaired) electrons. The van der Waals surface area contributed by atoms with Crippen LogP contribution in [0, 0.1) is 12.7 Å². The number of nitrogens with zero attached hydrogens (tertiary/aromatic N) is 3. The first-order valence-corrected chi connectivity index (χ1v) is 9.31. The minimum absolute atomic E-state index is 0.159. The summed E-state index contributed by atoms with van der Waals surface area (Å²) in [7, 11) is 0. The van der Waals surface area contributed by atoms with Crippen LogP contribution in [0.1, 0.15) is 42.5 Å². The van der Waals surface area contributed by atoms with E-state index in [0.29, 0.717) is 6.54 Å². The van der Waals surface area contributed by atoms with Gasteiger partial charge in [0, 0.05) is 17.5 Å². The SMILES string of the molecule is Cc1csc(NN=Cc2ccc(CN3CCCCCC3)c(F)c2)n1. The molecule has 0 unspecified atom stereocenters. The molecule has 1 fully saturated rings. The minimum Gasteiger partial charge on any atom is -0.299 e. The zero-order chi connectivity index (χ0) is 16.8. The van der Waals surface area contributed by atoms with E-state index in [-0.39, 0.29) is 5.82 Å². The number of rotatable bonds is 5. The number of anilines is 1. The van der Waals surface area contributed by atoms with Crippen molar-refractivity contribution in [1.82, 2.24) is 9.88 Å². The van der Waals surface area contributed by atoms with Crippen molar-refractivity contribution in [3.05, 3.63) is 46.2 Å². The van der Waals surface area contributed by atoms with Crippen LogP contribution in [0.2, 0.25) is 0 Å². The largest absolute Gasteiger partial charge is 0.299 e. The predicted octanol–water partition coefficient (Wildman–Crippen LogP) is 4.41. The zero-order valence-electron chi connectivity index (χ0n) is 14.0. The molecule has 0 amide bonds. The molecule has 0 spiro atoms. The van der Waals surface area contributed by atoms with Crippen molar-refractivity contribution >= 4 is 22.7 Å². The van der Waals surface area contributed by atoms with E-state index in [1.54, 1.807) is 12.3 Å². The Morgan fingerprint density at radius 3 is 2.75 bits per heavy atom. The van der Waals surface area contributed by atoms with Gasteiger partial charge in [-0.25, -0.2) is 9.37 Å².